The summed E-state index contributed by atoms with van der Waals surface area (Å²) >= 11 is 0. The normalized spacial score (nSPS) is 22.9. The van der Waals surface area contributed by atoms with E-state index in [9.17, 15) is 14.4 Å². The van der Waals surface area contributed by atoms with E-state index < -0.39 is 6.04 Å². The van der Waals surface area contributed by atoms with Gasteiger partial charge in [-0.3, -0.25) is 19.0 Å². The van der Waals surface area contributed by atoms with Crippen LogP contribution in [0.15, 0.2) is 27.5 Å². The number of carbonyl (C=O) groups is 2. The summed E-state index contributed by atoms with van der Waals surface area (Å²) in [4.78, 5) is 45.7. The highest BCUT2D eigenvalue weighted by molar-refractivity contribution is 5.81. The molecule has 1 fully saturated rings. The number of fused-ring (bicyclic) bond motifs is 4. The van der Waals surface area contributed by atoms with Crippen molar-refractivity contribution < 1.29 is 14.1 Å². The molecule has 0 spiro atoms. The Morgan fingerprint density at radius 1 is 1.31 bits per heavy atom. The molecule has 29 heavy (non-hydrogen) atoms. The SMILES string of the molecule is CC(=O)N1C[C@H]2C[C@@H](C1)[C@H](C(=O)N(C)CCc1noc(C)n1)n1c2cccc1=O. The maximum Gasteiger partial charge on any atom is 0.251 e. The van der Waals surface area contributed by atoms with Crippen LogP contribution in [0.4, 0.5) is 0 Å². The Bertz CT molecular complexity index is 997. The number of rotatable bonds is 4. The molecule has 2 aliphatic heterocycles. The first-order chi connectivity index (χ1) is 13.8. The molecular formula is C20H25N5O4. The van der Waals surface area contributed by atoms with Crippen molar-refractivity contribution in [3.05, 3.63) is 46.0 Å². The van der Waals surface area contributed by atoms with Crippen LogP contribution >= 0.6 is 0 Å². The maximum absolute atomic E-state index is 13.4. The zero-order valence-electron chi connectivity index (χ0n) is 16.9. The Kier molecular flexibility index (Phi) is 4.97. The van der Waals surface area contributed by atoms with E-state index in [-0.39, 0.29) is 29.2 Å². The number of hydrogen-bond acceptors (Lipinski definition) is 6. The van der Waals surface area contributed by atoms with Crippen LogP contribution in [0, 0.1) is 12.8 Å². The monoisotopic (exact) mass is 399 g/mol. The first kappa shape index (κ1) is 19.4. The average molecular weight is 399 g/mol. The third-order valence-corrected chi connectivity index (χ3v) is 5.96. The number of pyridine rings is 1. The molecule has 1 saturated heterocycles. The van der Waals surface area contributed by atoms with E-state index in [0.29, 0.717) is 37.8 Å². The van der Waals surface area contributed by atoms with E-state index in [0.717, 1.165) is 12.1 Å². The van der Waals surface area contributed by atoms with Gasteiger partial charge in [-0.25, -0.2) is 0 Å². The molecular weight excluding hydrogens is 374 g/mol. The molecule has 4 rings (SSSR count). The lowest BCUT2D eigenvalue weighted by molar-refractivity contribution is -0.140. The summed E-state index contributed by atoms with van der Waals surface area (Å²) in [6.07, 6.45) is 1.26. The van der Waals surface area contributed by atoms with Gasteiger partial charge in [0.25, 0.3) is 5.56 Å². The Morgan fingerprint density at radius 2 is 2.10 bits per heavy atom. The van der Waals surface area contributed by atoms with E-state index >= 15 is 0 Å². The fourth-order valence-electron chi connectivity index (χ4n) is 4.56. The maximum atomic E-state index is 13.4. The summed E-state index contributed by atoms with van der Waals surface area (Å²) in [6, 6.07) is 4.50. The molecule has 2 aliphatic rings. The summed E-state index contributed by atoms with van der Waals surface area (Å²) in [5.74, 6) is 0.881. The smallest absolute Gasteiger partial charge is 0.251 e. The number of amides is 2. The van der Waals surface area contributed by atoms with Crippen molar-refractivity contribution in [1.29, 1.82) is 0 Å². The Labute approximate surface area is 168 Å². The molecule has 2 bridgehead atoms. The standard InChI is InChI=1S/C20H25N5O4/c1-12-21-17(22-29-12)7-8-23(3)20(28)19-15-9-14(10-24(11-15)13(2)26)16-5-4-6-18(27)25(16)19/h4-6,14-15,19H,7-11H2,1-3H3/t14-,15+,19-/m1/s1. The molecule has 0 saturated carbocycles. The van der Waals surface area contributed by atoms with Gasteiger partial charge in [-0.05, 0) is 12.5 Å². The van der Waals surface area contributed by atoms with Crippen LogP contribution in [-0.2, 0) is 16.0 Å². The lowest BCUT2D eigenvalue weighted by Gasteiger charge is -2.46. The molecule has 0 unspecified atom stereocenters. The molecule has 4 heterocycles. The fourth-order valence-corrected chi connectivity index (χ4v) is 4.56. The van der Waals surface area contributed by atoms with Crippen molar-refractivity contribution >= 4 is 11.8 Å². The van der Waals surface area contributed by atoms with E-state index in [2.05, 4.69) is 10.1 Å². The van der Waals surface area contributed by atoms with E-state index in [1.807, 2.05) is 6.07 Å². The summed E-state index contributed by atoms with van der Waals surface area (Å²) in [6.45, 7) is 4.76. The second-order valence-corrected chi connectivity index (χ2v) is 7.96. The lowest BCUT2D eigenvalue weighted by atomic mass is 9.78. The zero-order chi connectivity index (χ0) is 20.7. The number of likely N-dealkylation sites (tertiary alicyclic amines) is 1. The summed E-state index contributed by atoms with van der Waals surface area (Å²) in [5, 5.41) is 3.87. The molecule has 0 aliphatic carbocycles. The minimum Gasteiger partial charge on any atom is -0.343 e. The third kappa shape index (κ3) is 3.56. The molecule has 0 N–H and O–H groups in total. The first-order valence-electron chi connectivity index (χ1n) is 9.86. The molecule has 9 nitrogen and oxygen atoms in total. The minimum atomic E-state index is -0.617. The quantitative estimate of drug-likeness (QED) is 0.752. The Morgan fingerprint density at radius 3 is 2.79 bits per heavy atom. The molecule has 0 aromatic carbocycles. The minimum absolute atomic E-state index is 0.00143. The fraction of sp³-hybridized carbons (Fsp3) is 0.550. The molecule has 0 radical (unpaired) electrons. The van der Waals surface area contributed by atoms with Crippen molar-refractivity contribution in [1.82, 2.24) is 24.5 Å². The van der Waals surface area contributed by atoms with Gasteiger partial charge < -0.3 is 14.3 Å². The predicted octanol–water partition coefficient (Wildman–Crippen LogP) is 0.748. The van der Waals surface area contributed by atoms with Crippen LogP contribution in [-0.4, -0.2) is 63.0 Å². The predicted molar refractivity (Wildman–Crippen MR) is 103 cm³/mol. The van der Waals surface area contributed by atoms with Crippen LogP contribution < -0.4 is 5.56 Å². The summed E-state index contributed by atoms with van der Waals surface area (Å²) in [5.41, 5.74) is 0.661. The number of carbonyl (C=O) groups excluding carboxylic acids is 2. The third-order valence-electron chi connectivity index (χ3n) is 5.96. The summed E-state index contributed by atoms with van der Waals surface area (Å²) < 4.78 is 6.62. The number of hydrogen-bond donors (Lipinski definition) is 0. The van der Waals surface area contributed by atoms with Gasteiger partial charge in [0.15, 0.2) is 5.82 Å². The molecule has 2 amide bonds. The van der Waals surface area contributed by atoms with Gasteiger partial charge >= 0.3 is 0 Å². The van der Waals surface area contributed by atoms with E-state index in [1.165, 1.54) is 6.07 Å². The van der Waals surface area contributed by atoms with Crippen molar-refractivity contribution in [2.24, 2.45) is 5.92 Å². The van der Waals surface area contributed by atoms with Gasteiger partial charge in [0.05, 0.1) is 0 Å². The van der Waals surface area contributed by atoms with Crippen LogP contribution in [0.3, 0.4) is 0 Å². The number of piperidine rings is 1. The van der Waals surface area contributed by atoms with Gasteiger partial charge in [-0.2, -0.15) is 4.98 Å². The molecule has 154 valence electrons. The molecule has 3 atom stereocenters. The van der Waals surface area contributed by atoms with Crippen molar-refractivity contribution in [3.63, 3.8) is 0 Å². The lowest BCUT2D eigenvalue weighted by Crippen LogP contribution is -2.54. The van der Waals surface area contributed by atoms with E-state index in [1.54, 1.807) is 41.3 Å². The number of aryl methyl sites for hydroxylation is 1. The van der Waals surface area contributed by atoms with Gasteiger partial charge in [0.1, 0.15) is 6.04 Å². The average Bonchev–Trinajstić information content (AvgIpc) is 3.11. The van der Waals surface area contributed by atoms with Gasteiger partial charge in [-0.1, -0.05) is 11.2 Å². The second-order valence-electron chi connectivity index (χ2n) is 7.96. The highest BCUT2D eigenvalue weighted by Crippen LogP contribution is 2.41. The highest BCUT2D eigenvalue weighted by atomic mass is 16.5. The number of likely N-dealkylation sites (N-methyl/N-ethyl adjacent to an activating group) is 1. The van der Waals surface area contributed by atoms with Crippen molar-refractivity contribution in [2.75, 3.05) is 26.7 Å². The van der Waals surface area contributed by atoms with Crippen molar-refractivity contribution in [3.8, 4) is 0 Å². The Hall–Kier alpha value is -2.97. The van der Waals surface area contributed by atoms with Crippen LogP contribution in [0.5, 0.6) is 0 Å². The van der Waals surface area contributed by atoms with Crippen LogP contribution in [0.2, 0.25) is 0 Å². The van der Waals surface area contributed by atoms with Crippen LogP contribution in [0.25, 0.3) is 0 Å². The molecule has 2 aromatic rings. The topological polar surface area (TPSA) is 102 Å². The van der Waals surface area contributed by atoms with Gasteiger partial charge in [0, 0.05) is 70.5 Å². The summed E-state index contributed by atoms with van der Waals surface area (Å²) in [7, 11) is 1.72. The highest BCUT2D eigenvalue weighted by Gasteiger charge is 2.45. The zero-order valence-corrected chi connectivity index (χ0v) is 16.9. The first-order valence-corrected chi connectivity index (χ1v) is 9.86. The van der Waals surface area contributed by atoms with E-state index in [4.69, 9.17) is 4.52 Å². The van der Waals surface area contributed by atoms with Gasteiger partial charge in [0.2, 0.25) is 17.7 Å². The Balaban J connectivity index is 1.62. The number of aromatic nitrogens is 3. The molecule has 2 aromatic heterocycles. The van der Waals surface area contributed by atoms with Gasteiger partial charge in [-0.15, -0.1) is 0 Å². The second kappa shape index (κ2) is 7.46. The number of nitrogens with zero attached hydrogens (tertiary/aromatic N) is 5. The van der Waals surface area contributed by atoms with Crippen molar-refractivity contribution in [2.45, 2.75) is 38.6 Å². The molecule has 9 heteroatoms. The largest absolute Gasteiger partial charge is 0.343 e. The van der Waals surface area contributed by atoms with Crippen LogP contribution in [0.1, 0.15) is 42.7 Å².